The molecule has 2 N–H and O–H groups in total. The van der Waals surface area contributed by atoms with Crippen molar-refractivity contribution in [3.63, 3.8) is 0 Å². The van der Waals surface area contributed by atoms with Gasteiger partial charge in [-0.1, -0.05) is 18.2 Å². The van der Waals surface area contributed by atoms with Gasteiger partial charge in [-0.25, -0.2) is 8.99 Å². The van der Waals surface area contributed by atoms with Crippen LogP contribution in [0.5, 0.6) is 5.75 Å². The number of alkyl halides is 3. The Morgan fingerprint density at radius 2 is 1.89 bits per heavy atom. The molecule has 7 nitrogen and oxygen atoms in total. The van der Waals surface area contributed by atoms with Gasteiger partial charge in [-0.05, 0) is 62.1 Å². The van der Waals surface area contributed by atoms with Crippen molar-refractivity contribution in [2.75, 3.05) is 32.6 Å². The number of hydrogen-bond donors (Lipinski definition) is 2. The Hall–Kier alpha value is -2.63. The molecule has 1 unspecified atom stereocenters. The van der Waals surface area contributed by atoms with E-state index in [2.05, 4.69) is 10.2 Å². The molecule has 4 rings (SSSR count). The van der Waals surface area contributed by atoms with Crippen LogP contribution in [0.1, 0.15) is 43.4 Å². The van der Waals surface area contributed by atoms with E-state index in [-0.39, 0.29) is 23.8 Å². The van der Waals surface area contributed by atoms with Crippen LogP contribution < -0.4 is 10.1 Å². The Kier molecular flexibility index (Phi) is 7.87. The zero-order chi connectivity index (χ0) is 26.8. The van der Waals surface area contributed by atoms with Crippen molar-refractivity contribution in [3.05, 3.63) is 59.7 Å². The molecule has 37 heavy (non-hydrogen) atoms. The summed E-state index contributed by atoms with van der Waals surface area (Å²) < 4.78 is 70.4. The van der Waals surface area contributed by atoms with Gasteiger partial charge in [0.1, 0.15) is 17.4 Å². The number of carbonyl (C=O) groups excluding carboxylic acids is 1. The Morgan fingerprint density at radius 1 is 1.22 bits per heavy atom. The maximum Gasteiger partial charge on any atom is 0.416 e. The quantitative estimate of drug-likeness (QED) is 0.536. The van der Waals surface area contributed by atoms with Gasteiger partial charge in [0.05, 0.1) is 21.3 Å². The van der Waals surface area contributed by atoms with Crippen LogP contribution >= 0.6 is 0 Å². The Labute approximate surface area is 215 Å². The van der Waals surface area contributed by atoms with Gasteiger partial charge < -0.3 is 14.8 Å². The van der Waals surface area contributed by atoms with Crippen molar-refractivity contribution < 1.29 is 31.6 Å². The second-order valence-electron chi connectivity index (χ2n) is 9.75. The molecule has 2 saturated heterocycles. The standard InChI is InChI=1S/C26H32F3N3O4S/c1-18(19-6-8-23(9-7-19)37(2,30)34)31-24(33)25(11-14-35-15-12-25)32-13-10-22(17-32)36-21-5-3-4-20(16-21)26(27,28)29/h3-9,16,18,22,30H,10-15,17H2,1-2H3,(H,31,33)/t18-,22+,37?/m0/s1. The summed E-state index contributed by atoms with van der Waals surface area (Å²) in [4.78, 5) is 16.2. The lowest BCUT2D eigenvalue weighted by molar-refractivity contribution is -0.141. The van der Waals surface area contributed by atoms with Crippen molar-refractivity contribution in [1.82, 2.24) is 10.2 Å². The van der Waals surface area contributed by atoms with Crippen molar-refractivity contribution in [3.8, 4) is 5.75 Å². The molecule has 0 spiro atoms. The highest BCUT2D eigenvalue weighted by molar-refractivity contribution is 7.91. The smallest absolute Gasteiger partial charge is 0.416 e. The lowest BCUT2D eigenvalue weighted by Gasteiger charge is -2.43. The Morgan fingerprint density at radius 3 is 2.51 bits per heavy atom. The summed E-state index contributed by atoms with van der Waals surface area (Å²) in [6.07, 6.45) is -1.84. The molecule has 0 radical (unpaired) electrons. The number of nitrogens with one attached hydrogen (secondary N) is 2. The number of likely N-dealkylation sites (tertiary alicyclic amines) is 1. The molecule has 0 aromatic heterocycles. The number of rotatable bonds is 7. The first-order valence-electron chi connectivity index (χ1n) is 12.2. The molecule has 0 aliphatic carbocycles. The van der Waals surface area contributed by atoms with Gasteiger partial charge in [0.25, 0.3) is 0 Å². The highest BCUT2D eigenvalue weighted by Gasteiger charge is 2.48. The van der Waals surface area contributed by atoms with E-state index in [4.69, 9.17) is 14.3 Å². The summed E-state index contributed by atoms with van der Waals surface area (Å²) in [5.74, 6) is 0.0276. The monoisotopic (exact) mass is 539 g/mol. The average Bonchev–Trinajstić information content (AvgIpc) is 3.32. The first kappa shape index (κ1) is 27.4. The van der Waals surface area contributed by atoms with Crippen molar-refractivity contribution in [2.24, 2.45) is 0 Å². The van der Waals surface area contributed by atoms with Gasteiger partial charge in [-0.3, -0.25) is 9.69 Å². The number of amides is 1. The van der Waals surface area contributed by atoms with Gasteiger partial charge in [0.2, 0.25) is 5.91 Å². The summed E-state index contributed by atoms with van der Waals surface area (Å²) in [7, 11) is -2.82. The van der Waals surface area contributed by atoms with Gasteiger partial charge >= 0.3 is 6.18 Å². The van der Waals surface area contributed by atoms with E-state index >= 15 is 0 Å². The van der Waals surface area contributed by atoms with Crippen LogP contribution in [0.4, 0.5) is 13.2 Å². The molecule has 202 valence electrons. The second kappa shape index (κ2) is 10.6. The summed E-state index contributed by atoms with van der Waals surface area (Å²) in [6.45, 7) is 3.73. The van der Waals surface area contributed by atoms with E-state index < -0.39 is 27.0 Å². The van der Waals surface area contributed by atoms with Crippen molar-refractivity contribution in [2.45, 2.75) is 54.9 Å². The largest absolute Gasteiger partial charge is 0.489 e. The predicted octanol–water partition coefficient (Wildman–Crippen LogP) is 4.62. The molecule has 3 atom stereocenters. The molecular formula is C26H32F3N3O4S. The van der Waals surface area contributed by atoms with Gasteiger partial charge in [0.15, 0.2) is 0 Å². The number of halogens is 3. The third kappa shape index (κ3) is 6.27. The zero-order valence-electron chi connectivity index (χ0n) is 20.8. The SMILES string of the molecule is C[C@H](NC(=O)C1(N2CC[C@@H](Oc3cccc(C(F)(F)F)c3)C2)CCOCC1)c1ccc(S(C)(=N)=O)cc1. The summed E-state index contributed by atoms with van der Waals surface area (Å²) in [5, 5.41) is 3.11. The van der Waals surface area contributed by atoms with E-state index in [1.165, 1.54) is 18.4 Å². The highest BCUT2D eigenvalue weighted by Crippen LogP contribution is 2.35. The lowest BCUT2D eigenvalue weighted by atomic mass is 9.86. The minimum Gasteiger partial charge on any atom is -0.489 e. The number of benzene rings is 2. The molecule has 2 aromatic rings. The summed E-state index contributed by atoms with van der Waals surface area (Å²) in [5.41, 5.74) is -0.738. The van der Waals surface area contributed by atoms with Crippen molar-refractivity contribution in [1.29, 1.82) is 4.78 Å². The van der Waals surface area contributed by atoms with Crippen LogP contribution in [0.25, 0.3) is 0 Å². The first-order valence-corrected chi connectivity index (χ1v) is 14.2. The average molecular weight is 540 g/mol. The van der Waals surface area contributed by atoms with E-state index in [1.54, 1.807) is 24.3 Å². The van der Waals surface area contributed by atoms with Crippen LogP contribution in [-0.4, -0.2) is 59.2 Å². The molecular weight excluding hydrogens is 507 g/mol. The fraction of sp³-hybridized carbons (Fsp3) is 0.500. The van der Waals surface area contributed by atoms with Crippen LogP contribution in [0.2, 0.25) is 0 Å². The molecule has 2 aliphatic heterocycles. The maximum atomic E-state index is 13.7. The third-order valence-corrected chi connectivity index (χ3v) is 8.31. The highest BCUT2D eigenvalue weighted by atomic mass is 32.2. The molecule has 2 aliphatic rings. The van der Waals surface area contributed by atoms with Gasteiger partial charge in [-0.15, -0.1) is 0 Å². The van der Waals surface area contributed by atoms with E-state index in [1.807, 2.05) is 6.92 Å². The van der Waals surface area contributed by atoms with Crippen LogP contribution in [0.15, 0.2) is 53.4 Å². The molecule has 1 amide bonds. The number of hydrogen-bond acceptors (Lipinski definition) is 6. The Bertz CT molecular complexity index is 1210. The predicted molar refractivity (Wildman–Crippen MR) is 133 cm³/mol. The topological polar surface area (TPSA) is 91.7 Å². The third-order valence-electron chi connectivity index (χ3n) is 7.13. The Balaban J connectivity index is 1.45. The second-order valence-corrected chi connectivity index (χ2v) is 11.9. The van der Waals surface area contributed by atoms with E-state index in [9.17, 15) is 22.2 Å². The molecule has 2 aromatic carbocycles. The molecule has 2 heterocycles. The molecule has 11 heteroatoms. The zero-order valence-corrected chi connectivity index (χ0v) is 21.7. The number of carbonyl (C=O) groups is 1. The van der Waals surface area contributed by atoms with Crippen LogP contribution in [-0.2, 0) is 25.4 Å². The maximum absolute atomic E-state index is 13.7. The van der Waals surface area contributed by atoms with Crippen LogP contribution in [0.3, 0.4) is 0 Å². The summed E-state index contributed by atoms with van der Waals surface area (Å²) in [6, 6.07) is 11.4. The van der Waals surface area contributed by atoms with Gasteiger partial charge in [0, 0.05) is 37.5 Å². The molecule has 0 bridgehead atoms. The fourth-order valence-corrected chi connectivity index (χ4v) is 5.63. The normalized spacial score (nSPS) is 22.7. The summed E-state index contributed by atoms with van der Waals surface area (Å²) >= 11 is 0. The minimum absolute atomic E-state index is 0.133. The van der Waals surface area contributed by atoms with Gasteiger partial charge in [-0.2, -0.15) is 13.2 Å². The minimum atomic E-state index is -4.45. The van der Waals surface area contributed by atoms with Crippen LogP contribution in [0, 0.1) is 4.78 Å². The van der Waals surface area contributed by atoms with E-state index in [0.29, 0.717) is 50.5 Å². The first-order chi connectivity index (χ1) is 17.4. The lowest BCUT2D eigenvalue weighted by Crippen LogP contribution is -2.61. The fourth-order valence-electron chi connectivity index (χ4n) is 4.98. The molecule has 2 fully saturated rings. The van der Waals surface area contributed by atoms with E-state index in [0.717, 1.165) is 17.7 Å². The molecule has 0 saturated carbocycles. The number of ether oxygens (including phenoxy) is 2. The van der Waals surface area contributed by atoms with Crippen molar-refractivity contribution >= 4 is 15.6 Å². The number of nitrogens with zero attached hydrogens (tertiary/aromatic N) is 1.